The van der Waals surface area contributed by atoms with E-state index in [0.717, 1.165) is 17.0 Å². The fraction of sp³-hybridized carbons (Fsp3) is 0.0870. The molecule has 1 aliphatic heterocycles. The number of rotatable bonds is 4. The lowest BCUT2D eigenvalue weighted by Crippen LogP contribution is -2.39. The van der Waals surface area contributed by atoms with Gasteiger partial charge in [0.15, 0.2) is 11.5 Å². The first-order valence-corrected chi connectivity index (χ1v) is 10.7. The normalized spacial score (nSPS) is 14.9. The topological polar surface area (TPSA) is 83.9 Å². The molecule has 3 aromatic carbocycles. The Hall–Kier alpha value is -3.58. The molecule has 4 rings (SSSR count). The minimum atomic E-state index is -4.17. The van der Waals surface area contributed by atoms with E-state index in [1.807, 2.05) is 30.3 Å². The molecule has 0 saturated heterocycles. The molecule has 0 unspecified atom stereocenters. The number of carbonyl (C=O) groups is 1. The number of benzene rings is 3. The Morgan fingerprint density at radius 1 is 0.933 bits per heavy atom. The fourth-order valence-electron chi connectivity index (χ4n) is 3.53. The Morgan fingerprint density at radius 2 is 1.57 bits per heavy atom. The molecule has 6 nitrogen and oxygen atoms in total. The van der Waals surface area contributed by atoms with E-state index >= 15 is 0 Å². The Morgan fingerprint density at radius 3 is 2.30 bits per heavy atom. The van der Waals surface area contributed by atoms with Gasteiger partial charge in [0, 0.05) is 5.56 Å². The predicted molar refractivity (Wildman–Crippen MR) is 113 cm³/mol. The number of sulfonamides is 1. The number of methoxy groups -OCH3 is 1. The maximum Gasteiger partial charge on any atom is 0.359 e. The Balaban J connectivity index is 1.96. The molecule has 0 spiro atoms. The van der Waals surface area contributed by atoms with Crippen LogP contribution in [0.25, 0.3) is 5.76 Å². The Labute approximate surface area is 174 Å². The van der Waals surface area contributed by atoms with Crippen molar-refractivity contribution in [2.45, 2.75) is 11.3 Å². The van der Waals surface area contributed by atoms with Crippen LogP contribution in [-0.2, 0) is 26.0 Å². The molecule has 0 fully saturated rings. The number of fused-ring (bicyclic) bond motifs is 1. The average molecular weight is 421 g/mol. The van der Waals surface area contributed by atoms with Gasteiger partial charge in [-0.25, -0.2) is 17.5 Å². The van der Waals surface area contributed by atoms with Gasteiger partial charge in [-0.05, 0) is 35.7 Å². The van der Waals surface area contributed by atoms with Crippen LogP contribution in [0.5, 0.6) is 0 Å². The van der Waals surface area contributed by atoms with E-state index in [-0.39, 0.29) is 16.1 Å². The minimum Gasteiger partial charge on any atom is -0.505 e. The lowest BCUT2D eigenvalue weighted by molar-refractivity contribution is -0.136. The molecular formula is C23H19NO5S. The highest BCUT2D eigenvalue weighted by atomic mass is 32.2. The summed E-state index contributed by atoms with van der Waals surface area (Å²) in [5.74, 6) is -1.39. The van der Waals surface area contributed by atoms with Crippen LogP contribution in [0.4, 0.5) is 5.69 Å². The van der Waals surface area contributed by atoms with E-state index in [4.69, 9.17) is 4.74 Å². The van der Waals surface area contributed by atoms with E-state index in [1.165, 1.54) is 12.1 Å². The summed E-state index contributed by atoms with van der Waals surface area (Å²) >= 11 is 0. The van der Waals surface area contributed by atoms with E-state index in [2.05, 4.69) is 0 Å². The number of hydrogen-bond donors (Lipinski definition) is 1. The van der Waals surface area contributed by atoms with Crippen LogP contribution in [-0.4, -0.2) is 26.6 Å². The highest BCUT2D eigenvalue weighted by molar-refractivity contribution is 7.93. The van der Waals surface area contributed by atoms with Gasteiger partial charge in [0.05, 0.1) is 17.7 Å². The molecule has 0 saturated carbocycles. The second-order valence-corrected chi connectivity index (χ2v) is 8.50. The van der Waals surface area contributed by atoms with Crippen molar-refractivity contribution in [1.29, 1.82) is 0 Å². The maximum atomic E-state index is 13.6. The van der Waals surface area contributed by atoms with Crippen LogP contribution in [0.3, 0.4) is 0 Å². The van der Waals surface area contributed by atoms with Gasteiger partial charge in [-0.3, -0.25) is 0 Å². The number of ether oxygens (including phenoxy) is 1. The summed E-state index contributed by atoms with van der Waals surface area (Å²) in [5.41, 5.74) is 1.57. The standard InChI is InChI=1S/C23H19NO5S/c1-29-23(26)21-22(25)18-12-6-8-14-20(18)30(27,28)24(21)19-13-7-5-11-17(19)15-16-9-3-2-4-10-16/h2-14,25H,15H2,1H3. The first kappa shape index (κ1) is 19.7. The molecule has 3 aromatic rings. The van der Waals surface area contributed by atoms with Crippen LogP contribution in [0, 0.1) is 0 Å². The summed E-state index contributed by atoms with van der Waals surface area (Å²) in [6.45, 7) is 0. The van der Waals surface area contributed by atoms with Gasteiger partial charge >= 0.3 is 5.97 Å². The SMILES string of the molecule is COC(=O)C1=C(O)c2ccccc2S(=O)(=O)N1c1ccccc1Cc1ccccc1. The van der Waals surface area contributed by atoms with Gasteiger partial charge in [-0.2, -0.15) is 0 Å². The number of hydrogen-bond acceptors (Lipinski definition) is 5. The number of anilines is 1. The van der Waals surface area contributed by atoms with E-state index in [0.29, 0.717) is 12.0 Å². The molecule has 0 atom stereocenters. The Kier molecular flexibility index (Phi) is 5.05. The van der Waals surface area contributed by atoms with Crippen molar-refractivity contribution in [2.24, 2.45) is 0 Å². The van der Waals surface area contributed by atoms with Gasteiger partial charge < -0.3 is 9.84 Å². The quantitative estimate of drug-likeness (QED) is 0.646. The van der Waals surface area contributed by atoms with Gasteiger partial charge in [0.25, 0.3) is 10.0 Å². The Bertz CT molecular complexity index is 1250. The zero-order chi connectivity index (χ0) is 21.3. The van der Waals surface area contributed by atoms with E-state index < -0.39 is 27.4 Å². The largest absolute Gasteiger partial charge is 0.505 e. The van der Waals surface area contributed by atoms with Gasteiger partial charge in [-0.1, -0.05) is 60.7 Å². The molecule has 1 heterocycles. The highest BCUT2D eigenvalue weighted by Crippen LogP contribution is 2.40. The summed E-state index contributed by atoms with van der Waals surface area (Å²) in [6, 6.07) is 22.5. The molecule has 0 aromatic heterocycles. The van der Waals surface area contributed by atoms with Crippen molar-refractivity contribution in [3.8, 4) is 0 Å². The predicted octanol–water partition coefficient (Wildman–Crippen LogP) is 3.89. The van der Waals surface area contributed by atoms with E-state index in [9.17, 15) is 18.3 Å². The van der Waals surface area contributed by atoms with Crippen LogP contribution in [0.15, 0.2) is 89.5 Å². The number of carbonyl (C=O) groups excluding carboxylic acids is 1. The summed E-state index contributed by atoms with van der Waals surface area (Å²) in [4.78, 5) is 12.5. The molecule has 0 aliphatic carbocycles. The third kappa shape index (κ3) is 3.23. The molecule has 30 heavy (non-hydrogen) atoms. The molecule has 7 heteroatoms. The van der Waals surface area contributed by atoms with Crippen molar-refractivity contribution in [3.05, 3.63) is 101 Å². The smallest absolute Gasteiger partial charge is 0.359 e. The number of aliphatic hydroxyl groups excluding tert-OH is 1. The van der Waals surface area contributed by atoms with Crippen molar-refractivity contribution in [3.63, 3.8) is 0 Å². The van der Waals surface area contributed by atoms with Gasteiger partial charge in [-0.15, -0.1) is 0 Å². The van der Waals surface area contributed by atoms with Crippen LogP contribution in [0.1, 0.15) is 16.7 Å². The highest BCUT2D eigenvalue weighted by Gasteiger charge is 2.42. The molecule has 152 valence electrons. The molecule has 1 N–H and O–H groups in total. The monoisotopic (exact) mass is 421 g/mol. The summed E-state index contributed by atoms with van der Waals surface area (Å²) in [5, 5.41) is 10.8. The summed E-state index contributed by atoms with van der Waals surface area (Å²) in [7, 11) is -3.03. The number of aliphatic hydroxyl groups is 1. The lowest BCUT2D eigenvalue weighted by Gasteiger charge is -2.32. The van der Waals surface area contributed by atoms with Crippen molar-refractivity contribution < 1.29 is 23.1 Å². The van der Waals surface area contributed by atoms with Crippen LogP contribution < -0.4 is 4.31 Å². The average Bonchev–Trinajstić information content (AvgIpc) is 2.77. The third-order valence-corrected chi connectivity index (χ3v) is 6.69. The summed E-state index contributed by atoms with van der Waals surface area (Å²) < 4.78 is 32.8. The van der Waals surface area contributed by atoms with Gasteiger partial charge in [0.1, 0.15) is 0 Å². The van der Waals surface area contributed by atoms with E-state index in [1.54, 1.807) is 36.4 Å². The molecule has 1 aliphatic rings. The third-order valence-electron chi connectivity index (χ3n) is 4.91. The number of esters is 1. The number of para-hydroxylation sites is 1. The van der Waals surface area contributed by atoms with Crippen LogP contribution >= 0.6 is 0 Å². The maximum absolute atomic E-state index is 13.6. The second kappa shape index (κ2) is 7.68. The lowest BCUT2D eigenvalue weighted by atomic mass is 10.0. The molecule has 0 amide bonds. The molecule has 0 radical (unpaired) electrons. The number of nitrogens with zero attached hydrogens (tertiary/aromatic N) is 1. The fourth-order valence-corrected chi connectivity index (χ4v) is 5.26. The molecular weight excluding hydrogens is 402 g/mol. The first-order chi connectivity index (χ1) is 14.4. The first-order valence-electron chi connectivity index (χ1n) is 9.23. The van der Waals surface area contributed by atoms with Crippen molar-refractivity contribution in [1.82, 2.24) is 0 Å². The van der Waals surface area contributed by atoms with Crippen molar-refractivity contribution >= 4 is 27.4 Å². The van der Waals surface area contributed by atoms with Crippen molar-refractivity contribution in [2.75, 3.05) is 11.4 Å². The zero-order valence-electron chi connectivity index (χ0n) is 16.1. The second-order valence-electron chi connectivity index (χ2n) is 6.75. The molecule has 0 bridgehead atoms. The minimum absolute atomic E-state index is 0.0645. The van der Waals surface area contributed by atoms with Crippen LogP contribution in [0.2, 0.25) is 0 Å². The zero-order valence-corrected chi connectivity index (χ0v) is 17.0. The summed E-state index contributed by atoms with van der Waals surface area (Å²) in [6.07, 6.45) is 0.444. The van der Waals surface area contributed by atoms with Gasteiger partial charge in [0.2, 0.25) is 0 Å².